The van der Waals surface area contributed by atoms with Gasteiger partial charge in [-0.2, -0.15) is 0 Å². The third-order valence-corrected chi connectivity index (χ3v) is 4.71. The molecular weight excluding hydrogens is 270 g/mol. The molecule has 20 heavy (non-hydrogen) atoms. The van der Waals surface area contributed by atoms with Gasteiger partial charge in [0.05, 0.1) is 12.6 Å². The van der Waals surface area contributed by atoms with Crippen LogP contribution in [0.15, 0.2) is 30.7 Å². The largest absolute Gasteiger partial charge is 0.347 e. The van der Waals surface area contributed by atoms with Crippen molar-refractivity contribution in [3.8, 4) is 0 Å². The molecule has 1 N–H and O–H groups in total. The van der Waals surface area contributed by atoms with Gasteiger partial charge in [0.15, 0.2) is 0 Å². The number of thiazole rings is 1. The van der Waals surface area contributed by atoms with Crippen LogP contribution in [0, 0.1) is 0 Å². The van der Waals surface area contributed by atoms with Gasteiger partial charge in [0, 0.05) is 18.6 Å². The molecule has 1 aliphatic heterocycles. The highest BCUT2D eigenvalue weighted by atomic mass is 32.1. The summed E-state index contributed by atoms with van der Waals surface area (Å²) in [4.78, 5) is 20.2. The second-order valence-corrected chi connectivity index (χ2v) is 6.10. The Morgan fingerprint density at radius 2 is 2.35 bits per heavy atom. The smallest absolute Gasteiger partial charge is 0.143 e. The Morgan fingerprint density at radius 1 is 1.35 bits per heavy atom. The van der Waals surface area contributed by atoms with Crippen LogP contribution in [0.5, 0.6) is 0 Å². The number of nitrogens with one attached hydrogen (secondary N) is 1. The number of imidazole rings is 1. The number of likely N-dealkylation sites (tertiary alicyclic amines) is 1. The highest BCUT2D eigenvalue weighted by molar-refractivity contribution is 7.18. The summed E-state index contributed by atoms with van der Waals surface area (Å²) >= 11 is 1.69. The molecule has 5 nitrogen and oxygen atoms in total. The van der Waals surface area contributed by atoms with E-state index in [0.717, 1.165) is 40.7 Å². The van der Waals surface area contributed by atoms with Crippen molar-refractivity contribution in [1.82, 2.24) is 24.8 Å². The second-order valence-electron chi connectivity index (χ2n) is 5.04. The minimum Gasteiger partial charge on any atom is -0.347 e. The monoisotopic (exact) mass is 285 g/mol. The quantitative estimate of drug-likeness (QED) is 0.804. The lowest BCUT2D eigenvalue weighted by atomic mass is 10.2. The minimum atomic E-state index is 0.393. The number of aromatic nitrogens is 4. The van der Waals surface area contributed by atoms with E-state index in [4.69, 9.17) is 0 Å². The summed E-state index contributed by atoms with van der Waals surface area (Å²) in [5, 5.41) is 1.14. The van der Waals surface area contributed by atoms with Crippen molar-refractivity contribution in [2.24, 2.45) is 0 Å². The van der Waals surface area contributed by atoms with Crippen molar-refractivity contribution in [1.29, 1.82) is 0 Å². The summed E-state index contributed by atoms with van der Waals surface area (Å²) in [6.07, 6.45) is 7.93. The Kier molecular flexibility index (Phi) is 2.97. The van der Waals surface area contributed by atoms with Gasteiger partial charge in [-0.1, -0.05) is 11.3 Å². The first-order valence-corrected chi connectivity index (χ1v) is 7.65. The molecular formula is C14H15N5S. The zero-order valence-corrected chi connectivity index (χ0v) is 11.8. The number of rotatable bonds is 3. The second kappa shape index (κ2) is 4.96. The van der Waals surface area contributed by atoms with Crippen LogP contribution in [0.2, 0.25) is 0 Å². The van der Waals surface area contributed by atoms with E-state index in [0.29, 0.717) is 6.04 Å². The van der Waals surface area contributed by atoms with E-state index in [9.17, 15) is 0 Å². The van der Waals surface area contributed by atoms with Crippen LogP contribution in [0.25, 0.3) is 10.3 Å². The molecule has 6 heteroatoms. The topological polar surface area (TPSA) is 57.7 Å². The molecule has 1 fully saturated rings. The number of pyridine rings is 1. The summed E-state index contributed by atoms with van der Waals surface area (Å²) in [6, 6.07) is 4.36. The van der Waals surface area contributed by atoms with Crippen LogP contribution < -0.4 is 0 Å². The Labute approximate surface area is 120 Å². The summed E-state index contributed by atoms with van der Waals surface area (Å²) in [7, 11) is 0. The van der Waals surface area contributed by atoms with Gasteiger partial charge in [-0.25, -0.2) is 15.0 Å². The molecule has 0 spiro atoms. The number of aromatic amines is 1. The lowest BCUT2D eigenvalue weighted by Gasteiger charge is -2.21. The normalized spacial score (nSPS) is 19.9. The molecule has 0 unspecified atom stereocenters. The van der Waals surface area contributed by atoms with Crippen molar-refractivity contribution in [2.75, 3.05) is 6.54 Å². The Hall–Kier alpha value is -1.79. The summed E-state index contributed by atoms with van der Waals surface area (Å²) in [5.41, 5.74) is 1.00. The van der Waals surface area contributed by atoms with Crippen LogP contribution in [-0.4, -0.2) is 31.4 Å². The lowest BCUT2D eigenvalue weighted by Crippen LogP contribution is -2.23. The van der Waals surface area contributed by atoms with Gasteiger partial charge in [0.1, 0.15) is 21.2 Å². The van der Waals surface area contributed by atoms with E-state index in [1.54, 1.807) is 11.3 Å². The molecule has 0 amide bonds. The Morgan fingerprint density at radius 3 is 3.20 bits per heavy atom. The third kappa shape index (κ3) is 2.10. The van der Waals surface area contributed by atoms with Gasteiger partial charge in [-0.05, 0) is 31.5 Å². The SMILES string of the molecule is c1cnc2sc(CN3CCC[C@H]3c3ncc[nH]3)nc2c1. The molecule has 1 aliphatic rings. The molecule has 102 valence electrons. The zero-order valence-electron chi connectivity index (χ0n) is 11.0. The first-order chi connectivity index (χ1) is 9.90. The highest BCUT2D eigenvalue weighted by Gasteiger charge is 2.28. The van der Waals surface area contributed by atoms with Crippen LogP contribution >= 0.6 is 11.3 Å². The van der Waals surface area contributed by atoms with Crippen LogP contribution in [0.3, 0.4) is 0 Å². The number of hydrogen-bond acceptors (Lipinski definition) is 5. The first kappa shape index (κ1) is 12.0. The number of hydrogen-bond donors (Lipinski definition) is 1. The molecule has 4 heterocycles. The lowest BCUT2D eigenvalue weighted by molar-refractivity contribution is 0.240. The fourth-order valence-electron chi connectivity index (χ4n) is 2.84. The third-order valence-electron chi connectivity index (χ3n) is 3.75. The van der Waals surface area contributed by atoms with Gasteiger partial charge in [-0.15, -0.1) is 0 Å². The van der Waals surface area contributed by atoms with Crippen molar-refractivity contribution < 1.29 is 0 Å². The number of fused-ring (bicyclic) bond motifs is 1. The first-order valence-electron chi connectivity index (χ1n) is 6.84. The van der Waals surface area contributed by atoms with E-state index in [2.05, 4.69) is 24.8 Å². The molecule has 0 aromatic carbocycles. The van der Waals surface area contributed by atoms with Gasteiger partial charge < -0.3 is 4.98 Å². The summed E-state index contributed by atoms with van der Waals surface area (Å²) < 4.78 is 0. The molecule has 3 aromatic heterocycles. The maximum atomic E-state index is 4.68. The van der Waals surface area contributed by atoms with Crippen molar-refractivity contribution in [3.05, 3.63) is 41.6 Å². The van der Waals surface area contributed by atoms with Crippen molar-refractivity contribution >= 4 is 21.7 Å². The Balaban J connectivity index is 1.58. The van der Waals surface area contributed by atoms with E-state index in [-0.39, 0.29) is 0 Å². The summed E-state index contributed by atoms with van der Waals surface area (Å²) in [5.74, 6) is 1.07. The standard InChI is InChI=1S/C14H15N5S/c1-3-10-14(17-5-1)20-12(18-10)9-19-8-2-4-11(19)13-15-6-7-16-13/h1,3,5-7,11H,2,4,8-9H2,(H,15,16)/t11-/m0/s1. The van der Waals surface area contributed by atoms with Crippen LogP contribution in [0.1, 0.15) is 29.7 Å². The van der Waals surface area contributed by atoms with Crippen molar-refractivity contribution in [2.45, 2.75) is 25.4 Å². The molecule has 0 saturated carbocycles. The number of nitrogens with zero attached hydrogens (tertiary/aromatic N) is 4. The van der Waals surface area contributed by atoms with Gasteiger partial charge >= 0.3 is 0 Å². The van der Waals surface area contributed by atoms with Crippen molar-refractivity contribution in [3.63, 3.8) is 0 Å². The van der Waals surface area contributed by atoms with E-state index >= 15 is 0 Å². The average Bonchev–Trinajstić information content (AvgIpc) is 3.18. The van der Waals surface area contributed by atoms with Gasteiger partial charge in [-0.3, -0.25) is 4.90 Å². The highest BCUT2D eigenvalue weighted by Crippen LogP contribution is 2.32. The molecule has 0 bridgehead atoms. The predicted molar refractivity (Wildman–Crippen MR) is 78.4 cm³/mol. The van der Waals surface area contributed by atoms with E-state index < -0.39 is 0 Å². The van der Waals surface area contributed by atoms with Gasteiger partial charge in [0.25, 0.3) is 0 Å². The molecule has 1 atom stereocenters. The summed E-state index contributed by atoms with van der Waals surface area (Å²) in [6.45, 7) is 1.99. The maximum Gasteiger partial charge on any atom is 0.143 e. The predicted octanol–water partition coefficient (Wildman–Crippen LogP) is 2.75. The fourth-order valence-corrected chi connectivity index (χ4v) is 3.77. The number of H-pyrrole nitrogens is 1. The average molecular weight is 285 g/mol. The maximum absolute atomic E-state index is 4.68. The van der Waals surface area contributed by atoms with E-state index in [1.165, 1.54) is 6.42 Å². The van der Waals surface area contributed by atoms with Gasteiger partial charge in [0.2, 0.25) is 0 Å². The fraction of sp³-hybridized carbons (Fsp3) is 0.357. The minimum absolute atomic E-state index is 0.393. The molecule has 3 aromatic rings. The van der Waals surface area contributed by atoms with Crippen LogP contribution in [-0.2, 0) is 6.54 Å². The Bertz CT molecular complexity index is 672. The van der Waals surface area contributed by atoms with Crippen LogP contribution in [0.4, 0.5) is 0 Å². The zero-order chi connectivity index (χ0) is 13.4. The molecule has 4 rings (SSSR count). The van der Waals surface area contributed by atoms with E-state index in [1.807, 2.05) is 30.7 Å². The molecule has 1 saturated heterocycles. The molecule has 0 radical (unpaired) electrons. The molecule has 0 aliphatic carbocycles.